The molecule has 1 aromatic heterocycles. The van der Waals surface area contributed by atoms with Gasteiger partial charge in [0.1, 0.15) is 6.07 Å². The molecule has 0 amide bonds. The smallest absolute Gasteiger partial charge is 0.167 e. The van der Waals surface area contributed by atoms with Gasteiger partial charge in [-0.2, -0.15) is 5.26 Å². The summed E-state index contributed by atoms with van der Waals surface area (Å²) in [6.07, 6.45) is 0.897. The van der Waals surface area contributed by atoms with E-state index in [9.17, 15) is 4.79 Å². The number of fused-ring (bicyclic) bond motifs is 1. The third-order valence-electron chi connectivity index (χ3n) is 4.67. The van der Waals surface area contributed by atoms with Gasteiger partial charge in [-0.05, 0) is 59.5 Å². The zero-order valence-corrected chi connectivity index (χ0v) is 14.4. The van der Waals surface area contributed by atoms with E-state index in [1.54, 1.807) is 0 Å². The van der Waals surface area contributed by atoms with Gasteiger partial charge in [0, 0.05) is 33.0 Å². The van der Waals surface area contributed by atoms with Crippen LogP contribution in [0.25, 0.3) is 5.69 Å². The van der Waals surface area contributed by atoms with Crippen molar-refractivity contribution in [2.45, 2.75) is 27.2 Å². The summed E-state index contributed by atoms with van der Waals surface area (Å²) < 4.78 is 2.92. The Morgan fingerprint density at radius 1 is 1.32 bits per heavy atom. The Kier molecular flexibility index (Phi) is 3.70. The number of aromatic nitrogens is 1. The predicted octanol–water partition coefficient (Wildman–Crippen LogP) is 4.43. The molecule has 0 N–H and O–H groups in total. The molecule has 112 valence electrons. The van der Waals surface area contributed by atoms with E-state index in [2.05, 4.69) is 33.5 Å². The highest BCUT2D eigenvalue weighted by Gasteiger charge is 2.33. The molecule has 0 saturated carbocycles. The van der Waals surface area contributed by atoms with Crippen LogP contribution in [0.15, 0.2) is 28.7 Å². The molecular formula is C18H17BrN2O. The molecule has 0 spiro atoms. The van der Waals surface area contributed by atoms with Gasteiger partial charge in [-0.15, -0.1) is 0 Å². The molecule has 0 bridgehead atoms. The number of ketones is 1. The molecule has 3 nitrogen and oxygen atoms in total. The molecule has 1 aliphatic rings. The van der Waals surface area contributed by atoms with E-state index in [4.69, 9.17) is 5.26 Å². The van der Waals surface area contributed by atoms with E-state index in [0.29, 0.717) is 11.5 Å². The summed E-state index contributed by atoms with van der Waals surface area (Å²) in [5.74, 6) is 0.661. The maximum Gasteiger partial charge on any atom is 0.167 e. The standard InChI is InChI=1S/C18H17BrN2O/c1-10-6-17-15(18(22)12(10)3)7-11(2)21(17)14-5-4-13(9-20)16(19)8-14/h4-5,7-8,10,12H,6H2,1-3H3. The van der Waals surface area contributed by atoms with Crippen LogP contribution >= 0.6 is 15.9 Å². The lowest BCUT2D eigenvalue weighted by molar-refractivity contribution is 0.0876. The fourth-order valence-corrected chi connectivity index (χ4v) is 3.64. The number of nitrogens with zero attached hydrogens (tertiary/aromatic N) is 2. The largest absolute Gasteiger partial charge is 0.317 e. The average Bonchev–Trinajstić information content (AvgIpc) is 2.81. The summed E-state index contributed by atoms with van der Waals surface area (Å²) in [5.41, 5.74) is 4.59. The van der Waals surface area contributed by atoms with Crippen LogP contribution in [0.2, 0.25) is 0 Å². The van der Waals surface area contributed by atoms with E-state index in [1.165, 1.54) is 0 Å². The normalized spacial score (nSPS) is 20.6. The lowest BCUT2D eigenvalue weighted by Gasteiger charge is -2.26. The summed E-state index contributed by atoms with van der Waals surface area (Å²) in [5, 5.41) is 9.05. The fraction of sp³-hybridized carbons (Fsp3) is 0.333. The number of carbonyl (C=O) groups is 1. The van der Waals surface area contributed by atoms with Crippen LogP contribution in [0.5, 0.6) is 0 Å². The van der Waals surface area contributed by atoms with Gasteiger partial charge in [-0.1, -0.05) is 13.8 Å². The molecule has 1 heterocycles. The van der Waals surface area contributed by atoms with Crippen LogP contribution in [0.1, 0.15) is 41.2 Å². The molecule has 0 fully saturated rings. The fourth-order valence-electron chi connectivity index (χ4n) is 3.18. The van der Waals surface area contributed by atoms with Crippen LogP contribution < -0.4 is 0 Å². The monoisotopic (exact) mass is 356 g/mol. The summed E-state index contributed by atoms with van der Waals surface area (Å²) in [4.78, 5) is 12.5. The van der Waals surface area contributed by atoms with Crippen LogP contribution in [0, 0.1) is 30.1 Å². The number of halogens is 1. The quantitative estimate of drug-likeness (QED) is 0.758. The summed E-state index contributed by atoms with van der Waals surface area (Å²) in [7, 11) is 0. The third kappa shape index (κ3) is 2.21. The van der Waals surface area contributed by atoms with Crippen molar-refractivity contribution in [3.63, 3.8) is 0 Å². The lowest BCUT2D eigenvalue weighted by atomic mass is 9.79. The molecule has 2 atom stereocenters. The highest BCUT2D eigenvalue weighted by molar-refractivity contribution is 9.10. The molecule has 3 rings (SSSR count). The minimum absolute atomic E-state index is 0.0791. The number of hydrogen-bond acceptors (Lipinski definition) is 2. The first-order valence-electron chi connectivity index (χ1n) is 7.39. The first-order chi connectivity index (χ1) is 10.4. The second-order valence-electron chi connectivity index (χ2n) is 6.09. The van der Waals surface area contributed by atoms with Crippen molar-refractivity contribution < 1.29 is 4.79 Å². The maximum absolute atomic E-state index is 12.5. The zero-order valence-electron chi connectivity index (χ0n) is 12.9. The zero-order chi connectivity index (χ0) is 16.0. The molecule has 2 aromatic rings. The van der Waals surface area contributed by atoms with Crippen molar-refractivity contribution in [3.05, 3.63) is 51.3 Å². The Bertz CT molecular complexity index is 813. The van der Waals surface area contributed by atoms with Gasteiger partial charge in [0.05, 0.1) is 5.56 Å². The molecule has 2 unspecified atom stereocenters. The van der Waals surface area contributed by atoms with Crippen LogP contribution in [-0.4, -0.2) is 10.4 Å². The van der Waals surface area contributed by atoms with E-state index < -0.39 is 0 Å². The molecule has 22 heavy (non-hydrogen) atoms. The number of carbonyl (C=O) groups excluding carboxylic acids is 1. The molecule has 1 aromatic carbocycles. The molecule has 1 aliphatic carbocycles. The van der Waals surface area contributed by atoms with Crippen LogP contribution in [0.3, 0.4) is 0 Å². The number of Topliss-reactive ketones (excluding diaryl/α,β-unsaturated/α-hetero) is 1. The first-order valence-corrected chi connectivity index (χ1v) is 8.18. The lowest BCUT2D eigenvalue weighted by Crippen LogP contribution is -2.28. The second kappa shape index (κ2) is 5.40. The Hall–Kier alpha value is -1.86. The molecule has 4 heteroatoms. The Labute approximate surface area is 138 Å². The highest BCUT2D eigenvalue weighted by Crippen LogP contribution is 2.34. The van der Waals surface area contributed by atoms with E-state index in [0.717, 1.165) is 33.5 Å². The Morgan fingerprint density at radius 3 is 2.68 bits per heavy atom. The van der Waals surface area contributed by atoms with Gasteiger partial charge in [0.25, 0.3) is 0 Å². The van der Waals surface area contributed by atoms with Crippen molar-refractivity contribution in [1.82, 2.24) is 4.57 Å². The predicted molar refractivity (Wildman–Crippen MR) is 89.3 cm³/mol. The number of aryl methyl sites for hydroxylation is 1. The summed E-state index contributed by atoms with van der Waals surface area (Å²) in [6, 6.07) is 9.83. The number of rotatable bonds is 1. The van der Waals surface area contributed by atoms with Crippen molar-refractivity contribution in [2.75, 3.05) is 0 Å². The van der Waals surface area contributed by atoms with Crippen molar-refractivity contribution in [3.8, 4) is 11.8 Å². The number of hydrogen-bond donors (Lipinski definition) is 0. The first kappa shape index (κ1) is 15.1. The van der Waals surface area contributed by atoms with Gasteiger partial charge in [-0.3, -0.25) is 4.79 Å². The van der Waals surface area contributed by atoms with Gasteiger partial charge in [0.15, 0.2) is 5.78 Å². The minimum Gasteiger partial charge on any atom is -0.317 e. The van der Waals surface area contributed by atoms with Crippen molar-refractivity contribution >= 4 is 21.7 Å². The number of nitriles is 1. The third-order valence-corrected chi connectivity index (χ3v) is 5.32. The average molecular weight is 357 g/mol. The topological polar surface area (TPSA) is 45.8 Å². The SMILES string of the molecule is Cc1cc2c(n1-c1ccc(C#N)c(Br)c1)CC(C)C(C)C2=O. The number of benzene rings is 1. The molecular weight excluding hydrogens is 340 g/mol. The van der Waals surface area contributed by atoms with Crippen molar-refractivity contribution in [1.29, 1.82) is 5.26 Å². The maximum atomic E-state index is 12.5. The summed E-state index contributed by atoms with van der Waals surface area (Å²) >= 11 is 3.44. The molecule has 0 saturated heterocycles. The summed E-state index contributed by atoms with van der Waals surface area (Å²) in [6.45, 7) is 6.17. The van der Waals surface area contributed by atoms with Gasteiger partial charge in [0.2, 0.25) is 0 Å². The van der Waals surface area contributed by atoms with Crippen molar-refractivity contribution in [2.24, 2.45) is 11.8 Å². The molecule has 0 radical (unpaired) electrons. The van der Waals surface area contributed by atoms with Gasteiger partial charge in [-0.25, -0.2) is 0 Å². The Morgan fingerprint density at radius 2 is 2.05 bits per heavy atom. The van der Waals surface area contributed by atoms with E-state index in [1.807, 2.05) is 38.1 Å². The van der Waals surface area contributed by atoms with Crippen LogP contribution in [-0.2, 0) is 6.42 Å². The molecule has 0 aliphatic heterocycles. The van der Waals surface area contributed by atoms with Gasteiger partial charge < -0.3 is 4.57 Å². The highest BCUT2D eigenvalue weighted by atomic mass is 79.9. The van der Waals surface area contributed by atoms with Gasteiger partial charge >= 0.3 is 0 Å². The van der Waals surface area contributed by atoms with Crippen LogP contribution in [0.4, 0.5) is 0 Å². The minimum atomic E-state index is 0.0791. The van der Waals surface area contributed by atoms with E-state index >= 15 is 0 Å². The second-order valence-corrected chi connectivity index (χ2v) is 6.95. The Balaban J connectivity index is 2.18. The van der Waals surface area contributed by atoms with E-state index in [-0.39, 0.29) is 11.7 Å².